The van der Waals surface area contributed by atoms with Gasteiger partial charge in [0.15, 0.2) is 5.96 Å². The second-order valence-electron chi connectivity index (χ2n) is 6.61. The van der Waals surface area contributed by atoms with Crippen LogP contribution in [-0.2, 0) is 27.4 Å². The number of hydrogen-bond donors (Lipinski definition) is 2. The maximum absolute atomic E-state index is 5.66. The number of rotatable bonds is 14. The van der Waals surface area contributed by atoms with Crippen molar-refractivity contribution >= 4 is 5.96 Å². The topological polar surface area (TPSA) is 64.1 Å². The molecular formula is C21H37N3O3. The molecule has 0 spiro atoms. The first-order valence-corrected chi connectivity index (χ1v) is 9.95. The Morgan fingerprint density at radius 1 is 1.04 bits per heavy atom. The fraction of sp³-hybridized carbons (Fsp3) is 0.667. The van der Waals surface area contributed by atoms with Crippen LogP contribution in [0, 0.1) is 0 Å². The Morgan fingerprint density at radius 3 is 2.48 bits per heavy atom. The van der Waals surface area contributed by atoms with E-state index in [0.29, 0.717) is 39.5 Å². The van der Waals surface area contributed by atoms with E-state index in [1.807, 2.05) is 13.8 Å². The molecule has 1 rings (SSSR count). The van der Waals surface area contributed by atoms with Crippen molar-refractivity contribution in [1.29, 1.82) is 0 Å². The molecule has 0 amide bonds. The smallest absolute Gasteiger partial charge is 0.191 e. The number of hydrogen-bond acceptors (Lipinski definition) is 4. The van der Waals surface area contributed by atoms with Crippen LogP contribution in [0.4, 0.5) is 0 Å². The number of aliphatic imine (C=N–C) groups is 1. The highest BCUT2D eigenvalue weighted by atomic mass is 16.5. The Labute approximate surface area is 164 Å². The quantitative estimate of drug-likeness (QED) is 0.295. The van der Waals surface area contributed by atoms with E-state index in [4.69, 9.17) is 14.2 Å². The third-order valence-corrected chi connectivity index (χ3v) is 3.81. The largest absolute Gasteiger partial charge is 0.379 e. The fourth-order valence-electron chi connectivity index (χ4n) is 2.31. The van der Waals surface area contributed by atoms with E-state index in [1.165, 1.54) is 11.1 Å². The van der Waals surface area contributed by atoms with E-state index in [-0.39, 0.29) is 6.10 Å². The summed E-state index contributed by atoms with van der Waals surface area (Å²) in [6.45, 7) is 11.0. The van der Waals surface area contributed by atoms with Crippen LogP contribution in [0.15, 0.2) is 29.3 Å². The van der Waals surface area contributed by atoms with Crippen molar-refractivity contribution < 1.29 is 14.2 Å². The first kappa shape index (κ1) is 23.4. The summed E-state index contributed by atoms with van der Waals surface area (Å²) < 4.78 is 16.7. The van der Waals surface area contributed by atoms with Gasteiger partial charge in [0.2, 0.25) is 0 Å². The number of guanidine groups is 1. The Kier molecular flexibility index (Phi) is 13.4. The summed E-state index contributed by atoms with van der Waals surface area (Å²) in [7, 11) is 1.77. The summed E-state index contributed by atoms with van der Waals surface area (Å²) in [5.74, 6) is 0.765. The van der Waals surface area contributed by atoms with Crippen molar-refractivity contribution in [2.75, 3.05) is 40.0 Å². The second kappa shape index (κ2) is 15.4. The van der Waals surface area contributed by atoms with Crippen molar-refractivity contribution in [2.45, 2.75) is 52.9 Å². The average Bonchev–Trinajstić information content (AvgIpc) is 2.67. The van der Waals surface area contributed by atoms with Crippen LogP contribution >= 0.6 is 0 Å². The van der Waals surface area contributed by atoms with Crippen molar-refractivity contribution in [3.8, 4) is 0 Å². The van der Waals surface area contributed by atoms with Crippen LogP contribution < -0.4 is 10.6 Å². The maximum Gasteiger partial charge on any atom is 0.191 e. The molecule has 0 fully saturated rings. The zero-order valence-electron chi connectivity index (χ0n) is 17.4. The van der Waals surface area contributed by atoms with Crippen LogP contribution in [0.25, 0.3) is 0 Å². The van der Waals surface area contributed by atoms with Crippen LogP contribution in [0.3, 0.4) is 0 Å². The Bertz CT molecular complexity index is 521. The molecule has 0 aliphatic rings. The first-order chi connectivity index (χ1) is 13.2. The summed E-state index contributed by atoms with van der Waals surface area (Å²) >= 11 is 0. The van der Waals surface area contributed by atoms with Gasteiger partial charge in [0, 0.05) is 26.7 Å². The minimum Gasteiger partial charge on any atom is -0.379 e. The van der Waals surface area contributed by atoms with Crippen LogP contribution in [0.2, 0.25) is 0 Å². The molecule has 0 heterocycles. The summed E-state index contributed by atoms with van der Waals surface area (Å²) in [5, 5.41) is 6.57. The Morgan fingerprint density at radius 2 is 1.78 bits per heavy atom. The SMILES string of the molecule is CCCCOCCOCCNC(=NC)NCc1cccc(COC(C)C)c1. The van der Waals surface area contributed by atoms with E-state index in [1.54, 1.807) is 7.05 Å². The molecule has 0 bridgehead atoms. The maximum atomic E-state index is 5.66. The minimum atomic E-state index is 0.236. The monoisotopic (exact) mass is 379 g/mol. The van der Waals surface area contributed by atoms with Gasteiger partial charge in [0.1, 0.15) is 0 Å². The molecule has 0 unspecified atom stereocenters. The van der Waals surface area contributed by atoms with Gasteiger partial charge in [-0.15, -0.1) is 0 Å². The highest BCUT2D eigenvalue weighted by molar-refractivity contribution is 5.79. The lowest BCUT2D eigenvalue weighted by Gasteiger charge is -2.13. The predicted octanol–water partition coefficient (Wildman–Crippen LogP) is 3.11. The fourth-order valence-corrected chi connectivity index (χ4v) is 2.31. The summed E-state index contributed by atoms with van der Waals surface area (Å²) in [5.41, 5.74) is 2.38. The lowest BCUT2D eigenvalue weighted by Crippen LogP contribution is -2.38. The van der Waals surface area contributed by atoms with E-state index < -0.39 is 0 Å². The number of nitrogens with zero attached hydrogens (tertiary/aromatic N) is 1. The van der Waals surface area contributed by atoms with Gasteiger partial charge in [-0.3, -0.25) is 4.99 Å². The van der Waals surface area contributed by atoms with E-state index in [2.05, 4.69) is 46.8 Å². The van der Waals surface area contributed by atoms with Crippen molar-refractivity contribution in [3.63, 3.8) is 0 Å². The number of ether oxygens (including phenoxy) is 3. The molecule has 0 radical (unpaired) electrons. The minimum absolute atomic E-state index is 0.236. The molecule has 1 aromatic carbocycles. The van der Waals surface area contributed by atoms with Crippen molar-refractivity contribution in [2.24, 2.45) is 4.99 Å². The zero-order valence-corrected chi connectivity index (χ0v) is 17.4. The van der Waals surface area contributed by atoms with E-state index in [9.17, 15) is 0 Å². The molecule has 6 nitrogen and oxygen atoms in total. The summed E-state index contributed by atoms with van der Waals surface area (Å²) in [6.07, 6.45) is 2.50. The Hall–Kier alpha value is -1.63. The highest BCUT2D eigenvalue weighted by Crippen LogP contribution is 2.07. The van der Waals surface area contributed by atoms with E-state index >= 15 is 0 Å². The molecular weight excluding hydrogens is 342 g/mol. The first-order valence-electron chi connectivity index (χ1n) is 9.95. The molecule has 27 heavy (non-hydrogen) atoms. The molecule has 0 aromatic heterocycles. The van der Waals surface area contributed by atoms with Crippen LogP contribution in [0.1, 0.15) is 44.7 Å². The van der Waals surface area contributed by atoms with Gasteiger partial charge < -0.3 is 24.8 Å². The lowest BCUT2D eigenvalue weighted by molar-refractivity contribution is 0.0487. The Balaban J connectivity index is 2.18. The molecule has 0 aliphatic carbocycles. The second-order valence-corrected chi connectivity index (χ2v) is 6.61. The molecule has 2 N–H and O–H groups in total. The third-order valence-electron chi connectivity index (χ3n) is 3.81. The van der Waals surface area contributed by atoms with Gasteiger partial charge in [-0.1, -0.05) is 37.6 Å². The van der Waals surface area contributed by atoms with Gasteiger partial charge in [-0.2, -0.15) is 0 Å². The van der Waals surface area contributed by atoms with Crippen molar-refractivity contribution in [1.82, 2.24) is 10.6 Å². The number of benzene rings is 1. The van der Waals surface area contributed by atoms with Gasteiger partial charge >= 0.3 is 0 Å². The highest BCUT2D eigenvalue weighted by Gasteiger charge is 2.01. The van der Waals surface area contributed by atoms with Gasteiger partial charge in [0.25, 0.3) is 0 Å². The number of unbranched alkanes of at least 4 members (excludes halogenated alkanes) is 1. The molecule has 1 aromatic rings. The van der Waals surface area contributed by atoms with Gasteiger partial charge in [0.05, 0.1) is 32.5 Å². The van der Waals surface area contributed by atoms with Crippen LogP contribution in [0.5, 0.6) is 0 Å². The third kappa shape index (κ3) is 12.4. The molecule has 0 aliphatic heterocycles. The van der Waals surface area contributed by atoms with Gasteiger partial charge in [-0.25, -0.2) is 0 Å². The van der Waals surface area contributed by atoms with Crippen LogP contribution in [-0.4, -0.2) is 52.1 Å². The average molecular weight is 380 g/mol. The zero-order chi connectivity index (χ0) is 19.7. The van der Waals surface area contributed by atoms with Crippen molar-refractivity contribution in [3.05, 3.63) is 35.4 Å². The molecule has 6 heteroatoms. The number of nitrogens with one attached hydrogen (secondary N) is 2. The molecule has 0 saturated heterocycles. The standard InChI is InChI=1S/C21H37N3O3/c1-5-6-11-25-13-14-26-12-10-23-21(22-4)24-16-19-8-7-9-20(15-19)17-27-18(2)3/h7-9,15,18H,5-6,10-14,16-17H2,1-4H3,(H2,22,23,24). The molecule has 154 valence electrons. The summed E-state index contributed by atoms with van der Waals surface area (Å²) in [6, 6.07) is 8.40. The lowest BCUT2D eigenvalue weighted by atomic mass is 10.1. The predicted molar refractivity (Wildman–Crippen MR) is 111 cm³/mol. The van der Waals surface area contributed by atoms with Gasteiger partial charge in [-0.05, 0) is 31.4 Å². The summed E-state index contributed by atoms with van der Waals surface area (Å²) in [4.78, 5) is 4.24. The van der Waals surface area contributed by atoms with E-state index in [0.717, 1.165) is 25.4 Å². The normalized spacial score (nSPS) is 11.8. The molecule has 0 saturated carbocycles. The molecule has 0 atom stereocenters.